The lowest BCUT2D eigenvalue weighted by Crippen LogP contribution is -2.36. The zero-order valence-electron chi connectivity index (χ0n) is 17.2. The van der Waals surface area contributed by atoms with Crippen LogP contribution in [0.25, 0.3) is 10.9 Å². The van der Waals surface area contributed by atoms with Gasteiger partial charge in [-0.25, -0.2) is 5.48 Å². The quantitative estimate of drug-likeness (QED) is 0.464. The van der Waals surface area contributed by atoms with Crippen LogP contribution < -0.4 is 5.48 Å². The predicted molar refractivity (Wildman–Crippen MR) is 114 cm³/mol. The highest BCUT2D eigenvalue weighted by Crippen LogP contribution is 2.24. The summed E-state index contributed by atoms with van der Waals surface area (Å²) in [5.41, 5.74) is 4.85. The third-order valence-electron chi connectivity index (χ3n) is 5.90. The van der Waals surface area contributed by atoms with E-state index in [4.69, 9.17) is 9.84 Å². The molecule has 7 heteroatoms. The first-order valence-corrected chi connectivity index (χ1v) is 10.4. The molecule has 0 spiro atoms. The Morgan fingerprint density at radius 1 is 1.20 bits per heavy atom. The number of nitrogens with zero attached hydrogens (tertiary/aromatic N) is 3. The Hall–Kier alpha value is -2.74. The average Bonchev–Trinajstić information content (AvgIpc) is 3.23. The Morgan fingerprint density at radius 2 is 1.97 bits per heavy atom. The van der Waals surface area contributed by atoms with Crippen LogP contribution in [-0.4, -0.2) is 52.1 Å². The number of carbonyl (C=O) groups excluding carboxylic acids is 1. The summed E-state index contributed by atoms with van der Waals surface area (Å²) < 4.78 is 7.14. The van der Waals surface area contributed by atoms with E-state index in [2.05, 4.69) is 11.0 Å². The second-order valence-corrected chi connectivity index (χ2v) is 7.86. The molecule has 3 aromatic rings. The van der Waals surface area contributed by atoms with E-state index in [1.807, 2.05) is 48.7 Å². The van der Waals surface area contributed by atoms with Crippen LogP contribution >= 0.6 is 0 Å². The highest BCUT2D eigenvalue weighted by Gasteiger charge is 2.24. The molecule has 1 amide bonds. The predicted octanol–water partition coefficient (Wildman–Crippen LogP) is 2.94. The van der Waals surface area contributed by atoms with Gasteiger partial charge < -0.3 is 4.74 Å². The summed E-state index contributed by atoms with van der Waals surface area (Å²) in [6.45, 7) is 2.82. The number of aromatic nitrogens is 2. The van der Waals surface area contributed by atoms with Crippen LogP contribution in [0.3, 0.4) is 0 Å². The highest BCUT2D eigenvalue weighted by atomic mass is 16.5. The third-order valence-corrected chi connectivity index (χ3v) is 5.90. The van der Waals surface area contributed by atoms with E-state index in [9.17, 15) is 10.0 Å². The van der Waals surface area contributed by atoms with Gasteiger partial charge >= 0.3 is 0 Å². The van der Waals surface area contributed by atoms with Gasteiger partial charge in [-0.3, -0.25) is 19.6 Å². The van der Waals surface area contributed by atoms with Gasteiger partial charge in [-0.1, -0.05) is 48.5 Å². The van der Waals surface area contributed by atoms with Crippen molar-refractivity contribution < 1.29 is 14.7 Å². The van der Waals surface area contributed by atoms with Crippen LogP contribution in [0, 0.1) is 0 Å². The van der Waals surface area contributed by atoms with Crippen molar-refractivity contribution in [3.05, 3.63) is 65.9 Å². The van der Waals surface area contributed by atoms with Crippen LogP contribution in [0.15, 0.2) is 54.7 Å². The number of hydrogen-bond acceptors (Lipinski definition) is 5. The van der Waals surface area contributed by atoms with Gasteiger partial charge in [-0.2, -0.15) is 5.10 Å². The van der Waals surface area contributed by atoms with Gasteiger partial charge in [0.25, 0.3) is 5.91 Å². The molecule has 7 nitrogen and oxygen atoms in total. The number of rotatable bonds is 7. The molecule has 1 aliphatic heterocycles. The molecule has 1 aromatic heterocycles. The molecule has 30 heavy (non-hydrogen) atoms. The van der Waals surface area contributed by atoms with E-state index in [0.717, 1.165) is 54.5 Å². The Labute approximate surface area is 176 Å². The lowest BCUT2D eigenvalue weighted by Gasteiger charge is -2.31. The number of piperidine rings is 1. The van der Waals surface area contributed by atoms with Gasteiger partial charge in [-0.05, 0) is 24.0 Å². The van der Waals surface area contributed by atoms with E-state index < -0.39 is 11.9 Å². The lowest BCUT2D eigenvalue weighted by atomic mass is 10.1. The fourth-order valence-corrected chi connectivity index (χ4v) is 4.17. The topological polar surface area (TPSA) is 79.6 Å². The van der Waals surface area contributed by atoms with Crippen LogP contribution in [-0.2, 0) is 22.5 Å². The molecule has 1 unspecified atom stereocenters. The minimum Gasteiger partial charge on any atom is -0.381 e. The minimum absolute atomic E-state index is 0.354. The maximum absolute atomic E-state index is 12.4. The van der Waals surface area contributed by atoms with Gasteiger partial charge in [0.15, 0.2) is 0 Å². The molecule has 1 atom stereocenters. The fourth-order valence-electron chi connectivity index (χ4n) is 4.17. The molecule has 0 radical (unpaired) electrons. The highest BCUT2D eigenvalue weighted by molar-refractivity contribution is 5.83. The third kappa shape index (κ3) is 4.53. The van der Waals surface area contributed by atoms with Crippen molar-refractivity contribution in [1.82, 2.24) is 20.2 Å². The van der Waals surface area contributed by atoms with Gasteiger partial charge in [0.1, 0.15) is 6.04 Å². The Bertz CT molecular complexity index is 981. The second-order valence-electron chi connectivity index (χ2n) is 7.86. The number of likely N-dealkylation sites (tertiary alicyclic amines) is 1. The molecule has 1 fully saturated rings. The molecule has 158 valence electrons. The molecule has 4 rings (SSSR count). The van der Waals surface area contributed by atoms with Crippen LogP contribution in [0.2, 0.25) is 0 Å². The first-order valence-electron chi connectivity index (χ1n) is 10.4. The monoisotopic (exact) mass is 408 g/mol. The van der Waals surface area contributed by atoms with E-state index in [0.29, 0.717) is 12.5 Å². The fraction of sp³-hybridized carbons (Fsp3) is 0.391. The molecule has 0 bridgehead atoms. The molecular weight excluding hydrogens is 380 g/mol. The van der Waals surface area contributed by atoms with Crippen molar-refractivity contribution in [2.45, 2.75) is 38.0 Å². The summed E-state index contributed by atoms with van der Waals surface area (Å²) in [7, 11) is 1.78. The van der Waals surface area contributed by atoms with Crippen molar-refractivity contribution in [1.29, 1.82) is 0 Å². The van der Waals surface area contributed by atoms with Crippen LogP contribution in [0.1, 0.15) is 30.0 Å². The van der Waals surface area contributed by atoms with Gasteiger partial charge in [0, 0.05) is 44.7 Å². The number of benzene rings is 2. The van der Waals surface area contributed by atoms with Crippen molar-refractivity contribution in [3.63, 3.8) is 0 Å². The first-order chi connectivity index (χ1) is 14.7. The number of carbonyl (C=O) groups is 1. The largest absolute Gasteiger partial charge is 0.381 e. The number of ether oxygens (including phenoxy) is 1. The van der Waals surface area contributed by atoms with Gasteiger partial charge in [0.05, 0.1) is 11.6 Å². The molecule has 0 aliphatic carbocycles. The summed E-state index contributed by atoms with van der Waals surface area (Å²) >= 11 is 0. The van der Waals surface area contributed by atoms with Crippen molar-refractivity contribution in [2.75, 3.05) is 20.2 Å². The molecule has 2 heterocycles. The Morgan fingerprint density at radius 3 is 2.67 bits per heavy atom. The maximum Gasteiger partial charge on any atom is 0.268 e. The molecule has 2 N–H and O–H groups in total. The number of nitrogens with one attached hydrogen (secondary N) is 1. The van der Waals surface area contributed by atoms with Gasteiger partial charge in [-0.15, -0.1) is 0 Å². The smallest absolute Gasteiger partial charge is 0.268 e. The summed E-state index contributed by atoms with van der Waals surface area (Å²) in [4.78, 5) is 14.8. The van der Waals surface area contributed by atoms with E-state index in [1.54, 1.807) is 17.3 Å². The van der Waals surface area contributed by atoms with E-state index in [-0.39, 0.29) is 0 Å². The normalized spacial score (nSPS) is 16.6. The first kappa shape index (κ1) is 20.5. The van der Waals surface area contributed by atoms with E-state index >= 15 is 0 Å². The minimum atomic E-state index is -0.630. The molecule has 0 saturated carbocycles. The van der Waals surface area contributed by atoms with E-state index in [1.165, 1.54) is 0 Å². The van der Waals surface area contributed by atoms with Crippen molar-refractivity contribution in [3.8, 4) is 0 Å². The summed E-state index contributed by atoms with van der Waals surface area (Å²) in [6, 6.07) is 15.3. The number of hydroxylamine groups is 1. The van der Waals surface area contributed by atoms with Crippen molar-refractivity contribution in [2.24, 2.45) is 0 Å². The molecule has 2 aromatic carbocycles. The molecule has 1 aliphatic rings. The number of amides is 1. The summed E-state index contributed by atoms with van der Waals surface area (Å²) in [5.74, 6) is -0.477. The second kappa shape index (κ2) is 9.38. The summed E-state index contributed by atoms with van der Waals surface area (Å²) in [6.07, 6.45) is 4.76. The molecule has 1 saturated heterocycles. The average molecular weight is 409 g/mol. The summed E-state index contributed by atoms with van der Waals surface area (Å²) in [5, 5.41) is 15.0. The Kier molecular flexibility index (Phi) is 6.42. The SMILES string of the molecule is COC1CCN(Cc2cccc3cn(C(Cc4ccccc4)C(=O)NO)nc23)CC1. The number of hydrogen-bond donors (Lipinski definition) is 2. The molecular formula is C23H28N4O3. The lowest BCUT2D eigenvalue weighted by molar-refractivity contribution is -0.132. The Balaban J connectivity index is 1.58. The van der Waals surface area contributed by atoms with Crippen LogP contribution in [0.5, 0.6) is 0 Å². The zero-order valence-corrected chi connectivity index (χ0v) is 17.2. The number of methoxy groups -OCH3 is 1. The number of fused-ring (bicyclic) bond motifs is 1. The zero-order chi connectivity index (χ0) is 20.9. The van der Waals surface area contributed by atoms with Crippen LogP contribution in [0.4, 0.5) is 0 Å². The standard InChI is InChI=1S/C23H28N4O3/c1-30-20-10-12-26(13-11-20)15-18-8-5-9-19-16-27(24-22(18)19)21(23(28)25-29)14-17-6-3-2-4-7-17/h2-9,16,20-21,29H,10-15H2,1H3,(H,25,28). The van der Waals surface area contributed by atoms with Crippen molar-refractivity contribution >= 4 is 16.8 Å². The maximum atomic E-state index is 12.4. The van der Waals surface area contributed by atoms with Gasteiger partial charge in [0.2, 0.25) is 0 Å².